The van der Waals surface area contributed by atoms with E-state index in [4.69, 9.17) is 0 Å². The summed E-state index contributed by atoms with van der Waals surface area (Å²) in [5.74, 6) is 0.921. The Labute approximate surface area is 107 Å². The first-order chi connectivity index (χ1) is 8.05. The van der Waals surface area contributed by atoms with Crippen molar-refractivity contribution in [3.05, 3.63) is 17.5 Å². The van der Waals surface area contributed by atoms with Gasteiger partial charge in [0.25, 0.3) is 0 Å². The molecule has 0 atom stereocenters. The Morgan fingerprint density at radius 2 is 2.29 bits per heavy atom. The van der Waals surface area contributed by atoms with Crippen LogP contribution in [0.3, 0.4) is 0 Å². The highest BCUT2D eigenvalue weighted by atomic mass is 32.1. The molecule has 0 bridgehead atoms. The molecule has 2 heterocycles. The van der Waals surface area contributed by atoms with E-state index in [0.29, 0.717) is 0 Å². The number of rotatable bonds is 3. The third-order valence-electron chi connectivity index (χ3n) is 2.72. The van der Waals surface area contributed by atoms with Gasteiger partial charge >= 0.3 is 0 Å². The van der Waals surface area contributed by atoms with Crippen LogP contribution in [0.5, 0.6) is 0 Å². The molecule has 0 aliphatic carbocycles. The average molecular weight is 252 g/mol. The molecule has 5 heteroatoms. The molecule has 2 N–H and O–H groups in total. The van der Waals surface area contributed by atoms with Gasteiger partial charge in [-0.3, -0.25) is 0 Å². The van der Waals surface area contributed by atoms with Gasteiger partial charge in [0.05, 0.1) is 0 Å². The highest BCUT2D eigenvalue weighted by Gasteiger charge is 2.19. The van der Waals surface area contributed by atoms with Crippen molar-refractivity contribution in [2.45, 2.75) is 32.6 Å². The van der Waals surface area contributed by atoms with E-state index in [2.05, 4.69) is 46.8 Å². The normalized spacial score (nSPS) is 16.8. The van der Waals surface area contributed by atoms with Gasteiger partial charge in [0.1, 0.15) is 5.82 Å². The quantitative estimate of drug-likeness (QED) is 0.810. The first kappa shape index (κ1) is 12.5. The van der Waals surface area contributed by atoms with Crippen molar-refractivity contribution in [3.63, 3.8) is 0 Å². The number of anilines is 1. The molecule has 1 aromatic heterocycles. The van der Waals surface area contributed by atoms with Crippen molar-refractivity contribution in [3.8, 4) is 0 Å². The van der Waals surface area contributed by atoms with Crippen molar-refractivity contribution in [2.24, 2.45) is 0 Å². The van der Waals surface area contributed by atoms with Crippen LogP contribution in [0, 0.1) is 0 Å². The zero-order valence-electron chi connectivity index (χ0n) is 10.7. The fourth-order valence-electron chi connectivity index (χ4n) is 1.62. The van der Waals surface area contributed by atoms with Crippen molar-refractivity contribution in [1.29, 1.82) is 0 Å². The van der Waals surface area contributed by atoms with E-state index < -0.39 is 0 Å². The molecule has 0 saturated heterocycles. The van der Waals surface area contributed by atoms with Gasteiger partial charge in [0.2, 0.25) is 5.13 Å². The summed E-state index contributed by atoms with van der Waals surface area (Å²) < 4.78 is 4.39. The summed E-state index contributed by atoms with van der Waals surface area (Å²) in [6, 6.07) is 0. The van der Waals surface area contributed by atoms with Crippen LogP contribution in [0.1, 0.15) is 33.0 Å². The lowest BCUT2D eigenvalue weighted by Gasteiger charge is -2.14. The Kier molecular flexibility index (Phi) is 3.79. The Bertz CT molecular complexity index is 403. The topological polar surface area (TPSA) is 49.8 Å². The molecule has 1 aromatic rings. The SMILES string of the molecule is CC(C)(C)c1nsc(NCC2=CCNCC2)n1. The molecule has 17 heavy (non-hydrogen) atoms. The van der Waals surface area contributed by atoms with E-state index in [0.717, 1.165) is 37.0 Å². The second kappa shape index (κ2) is 5.14. The molecular weight excluding hydrogens is 232 g/mol. The number of hydrogen-bond acceptors (Lipinski definition) is 5. The smallest absolute Gasteiger partial charge is 0.202 e. The van der Waals surface area contributed by atoms with Crippen LogP contribution in [-0.4, -0.2) is 29.0 Å². The summed E-state index contributed by atoms with van der Waals surface area (Å²) in [7, 11) is 0. The summed E-state index contributed by atoms with van der Waals surface area (Å²) in [6.07, 6.45) is 3.38. The highest BCUT2D eigenvalue weighted by molar-refractivity contribution is 7.09. The van der Waals surface area contributed by atoms with Crippen LogP contribution in [-0.2, 0) is 5.41 Å². The molecule has 1 aliphatic heterocycles. The van der Waals surface area contributed by atoms with Crippen molar-refractivity contribution >= 4 is 16.7 Å². The van der Waals surface area contributed by atoms with E-state index in [-0.39, 0.29) is 5.41 Å². The zero-order chi connectivity index (χ0) is 12.3. The lowest BCUT2D eigenvalue weighted by atomic mass is 9.96. The molecule has 0 aromatic carbocycles. The van der Waals surface area contributed by atoms with E-state index in [1.165, 1.54) is 17.1 Å². The summed E-state index contributed by atoms with van der Waals surface area (Å²) >= 11 is 1.45. The summed E-state index contributed by atoms with van der Waals surface area (Å²) in [4.78, 5) is 4.52. The van der Waals surface area contributed by atoms with Gasteiger partial charge in [0.15, 0.2) is 0 Å². The van der Waals surface area contributed by atoms with Gasteiger partial charge in [-0.2, -0.15) is 4.37 Å². The molecule has 1 aliphatic rings. The molecule has 0 fully saturated rings. The fraction of sp³-hybridized carbons (Fsp3) is 0.667. The van der Waals surface area contributed by atoms with E-state index in [1.54, 1.807) is 0 Å². The van der Waals surface area contributed by atoms with Gasteiger partial charge in [-0.05, 0) is 13.0 Å². The Hall–Kier alpha value is -0.940. The molecule has 0 radical (unpaired) electrons. The van der Waals surface area contributed by atoms with Crippen molar-refractivity contribution in [2.75, 3.05) is 25.0 Å². The lowest BCUT2D eigenvalue weighted by molar-refractivity contribution is 0.555. The van der Waals surface area contributed by atoms with E-state index >= 15 is 0 Å². The minimum Gasteiger partial charge on any atom is -0.357 e. The van der Waals surface area contributed by atoms with Crippen LogP contribution >= 0.6 is 11.5 Å². The number of aromatic nitrogens is 2. The Morgan fingerprint density at radius 1 is 1.47 bits per heavy atom. The van der Waals surface area contributed by atoms with Crippen molar-refractivity contribution < 1.29 is 0 Å². The van der Waals surface area contributed by atoms with E-state index in [1.807, 2.05) is 0 Å². The maximum absolute atomic E-state index is 4.52. The van der Waals surface area contributed by atoms with Crippen molar-refractivity contribution in [1.82, 2.24) is 14.7 Å². The summed E-state index contributed by atoms with van der Waals surface area (Å²) in [6.45, 7) is 9.36. The van der Waals surface area contributed by atoms with Gasteiger partial charge < -0.3 is 10.6 Å². The number of hydrogen-bond donors (Lipinski definition) is 2. The fourth-order valence-corrected chi connectivity index (χ4v) is 2.37. The van der Waals surface area contributed by atoms with Crippen LogP contribution in [0.25, 0.3) is 0 Å². The highest BCUT2D eigenvalue weighted by Crippen LogP contribution is 2.23. The average Bonchev–Trinajstić information content (AvgIpc) is 2.76. The van der Waals surface area contributed by atoms with Crippen LogP contribution < -0.4 is 10.6 Å². The van der Waals surface area contributed by atoms with Gasteiger partial charge in [-0.15, -0.1) is 0 Å². The van der Waals surface area contributed by atoms with Crippen LogP contribution in [0.15, 0.2) is 11.6 Å². The summed E-state index contributed by atoms with van der Waals surface area (Å²) in [5.41, 5.74) is 1.49. The molecule has 0 amide bonds. The predicted molar refractivity (Wildman–Crippen MR) is 72.7 cm³/mol. The first-order valence-electron chi connectivity index (χ1n) is 6.02. The maximum atomic E-state index is 4.52. The summed E-state index contributed by atoms with van der Waals surface area (Å²) in [5, 5.41) is 7.59. The number of nitrogens with zero attached hydrogens (tertiary/aromatic N) is 2. The maximum Gasteiger partial charge on any atom is 0.202 e. The minimum absolute atomic E-state index is 0.0322. The second-order valence-electron chi connectivity index (χ2n) is 5.34. The standard InChI is InChI=1S/C12H20N4S/c1-12(2,3)10-15-11(17-16-10)14-8-9-4-6-13-7-5-9/h4,13H,5-8H2,1-3H3,(H,14,15,16). The predicted octanol–water partition coefficient (Wildman–Crippen LogP) is 2.17. The van der Waals surface area contributed by atoms with E-state index in [9.17, 15) is 0 Å². The molecule has 4 nitrogen and oxygen atoms in total. The molecular formula is C12H20N4S. The molecule has 2 rings (SSSR count). The minimum atomic E-state index is 0.0322. The Morgan fingerprint density at radius 3 is 2.88 bits per heavy atom. The van der Waals surface area contributed by atoms with Crippen LogP contribution in [0.2, 0.25) is 0 Å². The molecule has 94 valence electrons. The van der Waals surface area contributed by atoms with Crippen LogP contribution in [0.4, 0.5) is 5.13 Å². The molecule has 0 saturated carbocycles. The first-order valence-corrected chi connectivity index (χ1v) is 6.80. The third kappa shape index (κ3) is 3.51. The Balaban J connectivity index is 1.91. The van der Waals surface area contributed by atoms with Gasteiger partial charge in [-0.1, -0.05) is 32.4 Å². The lowest BCUT2D eigenvalue weighted by Crippen LogP contribution is -2.23. The zero-order valence-corrected chi connectivity index (χ0v) is 11.5. The third-order valence-corrected chi connectivity index (χ3v) is 3.39. The van der Waals surface area contributed by atoms with Gasteiger partial charge in [0, 0.05) is 30.0 Å². The largest absolute Gasteiger partial charge is 0.357 e. The monoisotopic (exact) mass is 252 g/mol. The molecule has 0 unspecified atom stereocenters. The van der Waals surface area contributed by atoms with Gasteiger partial charge in [-0.25, -0.2) is 4.98 Å². The number of nitrogens with one attached hydrogen (secondary N) is 2. The molecule has 0 spiro atoms. The second-order valence-corrected chi connectivity index (χ2v) is 6.10.